The van der Waals surface area contributed by atoms with Crippen LogP contribution in [0.3, 0.4) is 0 Å². The van der Waals surface area contributed by atoms with Gasteiger partial charge in [-0.15, -0.1) is 21.5 Å². The first-order valence-electron chi connectivity index (χ1n) is 6.06. The molecule has 2 amide bonds. The van der Waals surface area contributed by atoms with Gasteiger partial charge in [-0.25, -0.2) is 9.78 Å². The molecule has 2 N–H and O–H groups in total. The van der Waals surface area contributed by atoms with E-state index < -0.39 is 0 Å². The topological polar surface area (TPSA) is 84.7 Å². The van der Waals surface area contributed by atoms with Crippen LogP contribution in [0.15, 0.2) is 11.6 Å². The number of hydrogen-bond acceptors (Lipinski definition) is 5. The normalized spacial score (nSPS) is 14.4. The summed E-state index contributed by atoms with van der Waals surface area (Å²) in [7, 11) is 1.93. The molecule has 0 unspecified atom stereocenters. The predicted octanol–water partition coefficient (Wildman–Crippen LogP) is 1.47. The number of amides is 2. The molecule has 1 saturated carbocycles. The average molecular weight is 278 g/mol. The van der Waals surface area contributed by atoms with Crippen molar-refractivity contribution < 1.29 is 4.79 Å². The Morgan fingerprint density at radius 1 is 1.53 bits per heavy atom. The van der Waals surface area contributed by atoms with Gasteiger partial charge in [0, 0.05) is 24.5 Å². The van der Waals surface area contributed by atoms with Crippen LogP contribution in [0.4, 0.5) is 9.93 Å². The van der Waals surface area contributed by atoms with Crippen molar-refractivity contribution >= 4 is 22.5 Å². The molecule has 100 valence electrons. The second kappa shape index (κ2) is 4.96. The molecule has 0 aliphatic heterocycles. The zero-order valence-corrected chi connectivity index (χ0v) is 11.3. The summed E-state index contributed by atoms with van der Waals surface area (Å²) in [6, 6.07) is -0.286. The first-order chi connectivity index (χ1) is 9.24. The molecule has 1 aliphatic carbocycles. The van der Waals surface area contributed by atoms with Gasteiger partial charge in [0.05, 0.1) is 6.54 Å². The third-order valence-electron chi connectivity index (χ3n) is 3.00. The van der Waals surface area contributed by atoms with E-state index in [1.165, 1.54) is 24.2 Å². The van der Waals surface area contributed by atoms with E-state index in [2.05, 4.69) is 25.8 Å². The number of nitrogens with one attached hydrogen (secondary N) is 2. The van der Waals surface area contributed by atoms with Crippen LogP contribution in [-0.2, 0) is 13.6 Å². The van der Waals surface area contributed by atoms with E-state index in [0.29, 0.717) is 17.6 Å². The summed E-state index contributed by atoms with van der Waals surface area (Å²) in [6.45, 7) is 0.355. The largest absolute Gasteiger partial charge is 0.331 e. The van der Waals surface area contributed by atoms with E-state index in [0.717, 1.165) is 11.6 Å². The molecule has 0 radical (unpaired) electrons. The lowest BCUT2D eigenvalue weighted by Gasteiger charge is -2.05. The molecule has 2 aromatic rings. The van der Waals surface area contributed by atoms with E-state index >= 15 is 0 Å². The SMILES string of the molecule is Cn1c(CNC(=O)Nc2nccs2)nnc1C1CC1. The molecule has 19 heavy (non-hydrogen) atoms. The highest BCUT2D eigenvalue weighted by molar-refractivity contribution is 7.13. The van der Waals surface area contributed by atoms with Crippen LogP contribution in [0.1, 0.15) is 30.4 Å². The van der Waals surface area contributed by atoms with E-state index in [9.17, 15) is 4.79 Å². The molecule has 3 rings (SSSR count). The summed E-state index contributed by atoms with van der Waals surface area (Å²) < 4.78 is 1.96. The molecule has 0 bridgehead atoms. The Hall–Kier alpha value is -1.96. The van der Waals surface area contributed by atoms with Crippen LogP contribution >= 0.6 is 11.3 Å². The highest BCUT2D eigenvalue weighted by Crippen LogP contribution is 2.38. The number of nitrogens with zero attached hydrogens (tertiary/aromatic N) is 4. The standard InChI is InChI=1S/C11H14N6OS/c1-17-8(15-16-9(17)7-2-3-7)6-13-10(18)14-11-12-4-5-19-11/h4-5,7H,2-3,6H2,1H3,(H2,12,13,14,18). The second-order valence-electron chi connectivity index (χ2n) is 4.45. The molecule has 2 aromatic heterocycles. The first kappa shape index (κ1) is 12.1. The lowest BCUT2D eigenvalue weighted by molar-refractivity contribution is 0.251. The minimum Gasteiger partial charge on any atom is -0.331 e. The fourth-order valence-electron chi connectivity index (χ4n) is 1.81. The number of carbonyl (C=O) groups is 1. The highest BCUT2D eigenvalue weighted by Gasteiger charge is 2.29. The van der Waals surface area contributed by atoms with Crippen molar-refractivity contribution in [3.8, 4) is 0 Å². The molecule has 0 atom stereocenters. The van der Waals surface area contributed by atoms with E-state index in [1.54, 1.807) is 11.6 Å². The van der Waals surface area contributed by atoms with Gasteiger partial charge in [-0.1, -0.05) is 0 Å². The Morgan fingerprint density at radius 3 is 3.05 bits per heavy atom. The Morgan fingerprint density at radius 2 is 2.37 bits per heavy atom. The molecule has 2 heterocycles. The first-order valence-corrected chi connectivity index (χ1v) is 6.94. The van der Waals surface area contributed by atoms with Crippen LogP contribution in [0.25, 0.3) is 0 Å². The Labute approximate surface area is 114 Å². The maximum absolute atomic E-state index is 11.6. The van der Waals surface area contributed by atoms with Crippen LogP contribution in [0.2, 0.25) is 0 Å². The smallest absolute Gasteiger partial charge is 0.321 e. The predicted molar refractivity (Wildman–Crippen MR) is 71.0 cm³/mol. The van der Waals surface area contributed by atoms with Crippen LogP contribution in [0.5, 0.6) is 0 Å². The molecule has 8 heteroatoms. The van der Waals surface area contributed by atoms with Gasteiger partial charge in [-0.2, -0.15) is 0 Å². The number of rotatable bonds is 4. The summed E-state index contributed by atoms with van der Waals surface area (Å²) in [6.07, 6.45) is 4.01. The third-order valence-corrected chi connectivity index (χ3v) is 3.69. The molecule has 0 spiro atoms. The Bertz CT molecular complexity index is 574. The number of hydrogen-bond donors (Lipinski definition) is 2. The van der Waals surface area contributed by atoms with E-state index in [4.69, 9.17) is 0 Å². The fraction of sp³-hybridized carbons (Fsp3) is 0.455. The molecular formula is C11H14N6OS. The summed E-state index contributed by atoms with van der Waals surface area (Å²) in [5.41, 5.74) is 0. The Balaban J connectivity index is 1.55. The van der Waals surface area contributed by atoms with Crippen molar-refractivity contribution in [1.82, 2.24) is 25.1 Å². The minimum absolute atomic E-state index is 0.286. The monoisotopic (exact) mass is 278 g/mol. The van der Waals surface area contributed by atoms with Crippen molar-refractivity contribution in [3.05, 3.63) is 23.2 Å². The quantitative estimate of drug-likeness (QED) is 0.887. The summed E-state index contributed by atoms with van der Waals surface area (Å²) in [5, 5.41) is 16.0. The van der Waals surface area contributed by atoms with Gasteiger partial charge in [-0.3, -0.25) is 5.32 Å². The second-order valence-corrected chi connectivity index (χ2v) is 5.35. The summed E-state index contributed by atoms with van der Waals surface area (Å²) >= 11 is 1.38. The molecule has 1 fully saturated rings. The van der Waals surface area contributed by atoms with Crippen LogP contribution in [-0.4, -0.2) is 25.8 Å². The summed E-state index contributed by atoms with van der Waals surface area (Å²) in [5.74, 6) is 2.32. The van der Waals surface area contributed by atoms with Gasteiger partial charge in [0.1, 0.15) is 5.82 Å². The lowest BCUT2D eigenvalue weighted by atomic mass is 10.4. The number of anilines is 1. The lowest BCUT2D eigenvalue weighted by Crippen LogP contribution is -2.29. The number of urea groups is 1. The van der Waals surface area contributed by atoms with E-state index in [-0.39, 0.29) is 6.03 Å². The Kier molecular flexibility index (Phi) is 3.16. The molecule has 0 saturated heterocycles. The number of aromatic nitrogens is 4. The summed E-state index contributed by atoms with van der Waals surface area (Å²) in [4.78, 5) is 15.6. The van der Waals surface area contributed by atoms with Crippen molar-refractivity contribution in [1.29, 1.82) is 0 Å². The molecule has 1 aliphatic rings. The zero-order chi connectivity index (χ0) is 13.2. The van der Waals surface area contributed by atoms with Crippen molar-refractivity contribution in [2.45, 2.75) is 25.3 Å². The number of carbonyl (C=O) groups excluding carboxylic acids is 1. The van der Waals surface area contributed by atoms with Crippen LogP contribution in [0, 0.1) is 0 Å². The molecule has 7 nitrogen and oxygen atoms in total. The van der Waals surface area contributed by atoms with Gasteiger partial charge in [0.25, 0.3) is 0 Å². The van der Waals surface area contributed by atoms with Gasteiger partial charge in [-0.05, 0) is 12.8 Å². The fourth-order valence-corrected chi connectivity index (χ4v) is 2.34. The van der Waals surface area contributed by atoms with Gasteiger partial charge in [0.2, 0.25) is 0 Å². The maximum atomic E-state index is 11.6. The van der Waals surface area contributed by atoms with Gasteiger partial charge >= 0.3 is 6.03 Å². The minimum atomic E-state index is -0.286. The van der Waals surface area contributed by atoms with Crippen molar-refractivity contribution in [2.24, 2.45) is 7.05 Å². The van der Waals surface area contributed by atoms with Gasteiger partial charge in [0.15, 0.2) is 11.0 Å². The van der Waals surface area contributed by atoms with E-state index in [1.807, 2.05) is 11.6 Å². The highest BCUT2D eigenvalue weighted by atomic mass is 32.1. The van der Waals surface area contributed by atoms with Crippen LogP contribution < -0.4 is 10.6 Å². The third kappa shape index (κ3) is 2.73. The average Bonchev–Trinajstić information content (AvgIpc) is 2.98. The zero-order valence-electron chi connectivity index (χ0n) is 10.5. The molecule has 0 aromatic carbocycles. The van der Waals surface area contributed by atoms with Crippen molar-refractivity contribution in [3.63, 3.8) is 0 Å². The number of thiazole rings is 1. The van der Waals surface area contributed by atoms with Crippen molar-refractivity contribution in [2.75, 3.05) is 5.32 Å². The molecular weight excluding hydrogens is 264 g/mol. The maximum Gasteiger partial charge on any atom is 0.321 e. The van der Waals surface area contributed by atoms with Gasteiger partial charge < -0.3 is 9.88 Å².